The van der Waals surface area contributed by atoms with Gasteiger partial charge in [-0.1, -0.05) is 0 Å². The predicted molar refractivity (Wildman–Crippen MR) is 84.0 cm³/mol. The Morgan fingerprint density at radius 3 is 3.10 bits per heavy atom. The summed E-state index contributed by atoms with van der Waals surface area (Å²) in [5.74, 6) is 2.62. The van der Waals surface area contributed by atoms with Gasteiger partial charge in [0, 0.05) is 41.6 Å². The van der Waals surface area contributed by atoms with Crippen LogP contribution in [0.3, 0.4) is 0 Å². The summed E-state index contributed by atoms with van der Waals surface area (Å²) in [4.78, 5) is 6.53. The highest BCUT2D eigenvalue weighted by atomic mass is 16.5. The molecule has 1 aliphatic carbocycles. The van der Waals surface area contributed by atoms with Crippen LogP contribution in [0.25, 0.3) is 10.9 Å². The molecule has 0 spiro atoms. The summed E-state index contributed by atoms with van der Waals surface area (Å²) in [5, 5.41) is 1.38. The molecular weight excluding hydrogens is 260 g/mol. The quantitative estimate of drug-likeness (QED) is 0.869. The number of H-pyrrole nitrogens is 1. The Morgan fingerprint density at radius 1 is 1.29 bits per heavy atom. The average molecular weight is 282 g/mol. The molecule has 21 heavy (non-hydrogen) atoms. The van der Waals surface area contributed by atoms with E-state index in [0.29, 0.717) is 0 Å². The molecule has 1 aromatic heterocycles. The van der Waals surface area contributed by atoms with Crippen LogP contribution >= 0.6 is 0 Å². The Bertz CT molecular complexity index is 705. The molecule has 1 N–H and O–H groups in total. The molecule has 4 aliphatic rings. The average Bonchev–Trinajstić information content (AvgIpc) is 2.86. The minimum atomic E-state index is 0.730. The first-order valence-electron chi connectivity index (χ1n) is 8.26. The number of aromatic nitrogens is 1. The summed E-state index contributed by atoms with van der Waals surface area (Å²) in [5.41, 5.74) is 4.38. The van der Waals surface area contributed by atoms with Gasteiger partial charge in [0.05, 0.1) is 7.11 Å². The molecule has 6 rings (SSSR count). The van der Waals surface area contributed by atoms with E-state index in [1.165, 1.54) is 55.4 Å². The summed E-state index contributed by atoms with van der Waals surface area (Å²) >= 11 is 0. The van der Waals surface area contributed by atoms with Crippen LogP contribution in [0.1, 0.15) is 36.4 Å². The lowest BCUT2D eigenvalue weighted by atomic mass is 9.72. The maximum Gasteiger partial charge on any atom is 0.119 e. The number of methoxy groups -OCH3 is 1. The van der Waals surface area contributed by atoms with E-state index in [1.54, 1.807) is 12.7 Å². The zero-order chi connectivity index (χ0) is 14.0. The van der Waals surface area contributed by atoms with E-state index in [-0.39, 0.29) is 0 Å². The molecule has 3 fully saturated rings. The topological polar surface area (TPSA) is 28.3 Å². The molecular formula is C18H22N2O. The van der Waals surface area contributed by atoms with Crippen molar-refractivity contribution in [3.8, 4) is 5.75 Å². The number of ether oxygens (including phenoxy) is 1. The van der Waals surface area contributed by atoms with Gasteiger partial charge >= 0.3 is 0 Å². The number of hydrogen-bond donors (Lipinski definition) is 1. The Labute approximate surface area is 125 Å². The first-order chi connectivity index (χ1) is 10.3. The monoisotopic (exact) mass is 282 g/mol. The molecule has 3 nitrogen and oxygen atoms in total. The van der Waals surface area contributed by atoms with Gasteiger partial charge in [-0.3, -0.25) is 4.90 Å². The third kappa shape index (κ3) is 1.64. The first-order valence-corrected chi connectivity index (χ1v) is 8.26. The molecule has 4 heterocycles. The molecule has 0 radical (unpaired) electrons. The molecule has 3 heteroatoms. The molecule has 2 aromatic rings. The van der Waals surface area contributed by atoms with Crippen molar-refractivity contribution in [1.29, 1.82) is 0 Å². The molecule has 4 atom stereocenters. The minimum Gasteiger partial charge on any atom is -0.497 e. The van der Waals surface area contributed by atoms with Crippen LogP contribution in [-0.4, -0.2) is 36.1 Å². The fourth-order valence-corrected chi connectivity index (χ4v) is 5.09. The fraction of sp³-hybridized carbons (Fsp3) is 0.556. The van der Waals surface area contributed by atoms with E-state index in [9.17, 15) is 0 Å². The number of rotatable bonds is 1. The van der Waals surface area contributed by atoms with Crippen molar-refractivity contribution in [2.24, 2.45) is 5.92 Å². The molecule has 0 amide bonds. The van der Waals surface area contributed by atoms with Crippen molar-refractivity contribution in [3.63, 3.8) is 0 Å². The van der Waals surface area contributed by atoms with Crippen molar-refractivity contribution < 1.29 is 4.74 Å². The third-order valence-corrected chi connectivity index (χ3v) is 6.05. The summed E-state index contributed by atoms with van der Waals surface area (Å²) in [6.45, 7) is 2.57. The van der Waals surface area contributed by atoms with Gasteiger partial charge in [0.1, 0.15) is 5.75 Å². The first kappa shape index (κ1) is 12.1. The number of aromatic amines is 1. The number of piperidine rings is 2. The second-order valence-corrected chi connectivity index (χ2v) is 7.03. The largest absolute Gasteiger partial charge is 0.497 e. The van der Waals surface area contributed by atoms with E-state index in [2.05, 4.69) is 28.1 Å². The van der Waals surface area contributed by atoms with Crippen molar-refractivity contribution in [2.45, 2.75) is 37.6 Å². The highest BCUT2D eigenvalue weighted by Gasteiger charge is 2.44. The molecule has 2 saturated heterocycles. The maximum atomic E-state index is 5.43. The Balaban J connectivity index is 1.69. The number of hydrogen-bond acceptors (Lipinski definition) is 2. The van der Waals surface area contributed by atoms with E-state index in [4.69, 9.17) is 4.74 Å². The summed E-state index contributed by atoms with van der Waals surface area (Å²) in [6.07, 6.45) is 5.41. The third-order valence-electron chi connectivity index (χ3n) is 6.05. The van der Waals surface area contributed by atoms with Crippen LogP contribution in [0.2, 0.25) is 0 Å². The zero-order valence-corrected chi connectivity index (χ0v) is 12.6. The SMILES string of the molecule is COc1ccc2[nH]c3c(c2c1)CCN1CC2CCC1C3C2. The van der Waals surface area contributed by atoms with Crippen LogP contribution in [-0.2, 0) is 6.42 Å². The smallest absolute Gasteiger partial charge is 0.119 e. The molecule has 1 aromatic carbocycles. The highest BCUT2D eigenvalue weighted by Crippen LogP contribution is 2.47. The molecule has 1 saturated carbocycles. The van der Waals surface area contributed by atoms with Gasteiger partial charge in [0.2, 0.25) is 0 Å². The Kier molecular flexibility index (Phi) is 2.46. The van der Waals surface area contributed by atoms with E-state index in [0.717, 1.165) is 23.6 Å². The Morgan fingerprint density at radius 2 is 2.24 bits per heavy atom. The van der Waals surface area contributed by atoms with Crippen LogP contribution < -0.4 is 4.74 Å². The van der Waals surface area contributed by atoms with Crippen LogP contribution in [0, 0.1) is 5.92 Å². The Hall–Kier alpha value is -1.48. The second-order valence-electron chi connectivity index (χ2n) is 7.03. The van der Waals surface area contributed by atoms with Gasteiger partial charge in [-0.25, -0.2) is 0 Å². The normalized spacial score (nSPS) is 33.8. The molecule has 3 aliphatic heterocycles. The number of nitrogens with one attached hydrogen (secondary N) is 1. The lowest BCUT2D eigenvalue weighted by Gasteiger charge is -2.48. The van der Waals surface area contributed by atoms with Crippen LogP contribution in [0.5, 0.6) is 5.75 Å². The van der Waals surface area contributed by atoms with Crippen LogP contribution in [0.4, 0.5) is 0 Å². The number of benzene rings is 1. The number of fused-ring (bicyclic) bond motifs is 4. The van der Waals surface area contributed by atoms with Crippen molar-refractivity contribution in [2.75, 3.05) is 20.2 Å². The lowest BCUT2D eigenvalue weighted by Crippen LogP contribution is -2.51. The van der Waals surface area contributed by atoms with Crippen molar-refractivity contribution >= 4 is 10.9 Å². The highest BCUT2D eigenvalue weighted by molar-refractivity contribution is 5.86. The van der Waals surface area contributed by atoms with Gasteiger partial charge in [-0.05, 0) is 55.4 Å². The predicted octanol–water partition coefficient (Wildman–Crippen LogP) is 3.30. The second kappa shape index (κ2) is 4.26. The van der Waals surface area contributed by atoms with Gasteiger partial charge in [0.25, 0.3) is 0 Å². The van der Waals surface area contributed by atoms with Crippen molar-refractivity contribution in [3.05, 3.63) is 29.5 Å². The fourth-order valence-electron chi connectivity index (χ4n) is 5.09. The standard InChI is InChI=1S/C18H22N2O/c1-21-12-3-4-16-14(9-12)13-6-7-20-10-11-2-5-17(20)15(8-11)18(13)19-16/h3-4,9,11,15,17,19H,2,5-8,10H2,1H3. The van der Waals surface area contributed by atoms with Gasteiger partial charge in [-0.2, -0.15) is 0 Å². The minimum absolute atomic E-state index is 0.730. The summed E-state index contributed by atoms with van der Waals surface area (Å²) < 4.78 is 5.43. The van der Waals surface area contributed by atoms with E-state index < -0.39 is 0 Å². The molecule has 4 bridgehead atoms. The maximum absolute atomic E-state index is 5.43. The van der Waals surface area contributed by atoms with Gasteiger partial charge in [-0.15, -0.1) is 0 Å². The van der Waals surface area contributed by atoms with Crippen molar-refractivity contribution in [1.82, 2.24) is 9.88 Å². The van der Waals surface area contributed by atoms with E-state index in [1.807, 2.05) is 0 Å². The molecule has 4 unspecified atom stereocenters. The summed E-state index contributed by atoms with van der Waals surface area (Å²) in [6, 6.07) is 7.25. The van der Waals surface area contributed by atoms with E-state index >= 15 is 0 Å². The number of nitrogens with zero attached hydrogens (tertiary/aromatic N) is 1. The van der Waals surface area contributed by atoms with Crippen LogP contribution in [0.15, 0.2) is 18.2 Å². The lowest BCUT2D eigenvalue weighted by molar-refractivity contribution is 0.0350. The van der Waals surface area contributed by atoms with Gasteiger partial charge in [0.15, 0.2) is 0 Å². The zero-order valence-electron chi connectivity index (χ0n) is 12.6. The molecule has 110 valence electrons. The summed E-state index contributed by atoms with van der Waals surface area (Å²) in [7, 11) is 1.75. The van der Waals surface area contributed by atoms with Gasteiger partial charge < -0.3 is 9.72 Å².